The average molecular weight is 418 g/mol. The predicted molar refractivity (Wildman–Crippen MR) is 106 cm³/mol. The number of aromatic nitrogens is 2. The molecule has 0 spiro atoms. The molecule has 1 fully saturated rings. The number of rotatable bonds is 5. The lowest BCUT2D eigenvalue weighted by molar-refractivity contribution is 0.0875. The Morgan fingerprint density at radius 2 is 1.82 bits per heavy atom. The molecule has 4 rings (SSSR count). The maximum absolute atomic E-state index is 13.1. The summed E-state index contributed by atoms with van der Waals surface area (Å²) in [5, 5.41) is 0. The van der Waals surface area contributed by atoms with Gasteiger partial charge in [-0.15, -0.1) is 0 Å². The molecule has 1 aromatic heterocycles. The summed E-state index contributed by atoms with van der Waals surface area (Å²) in [6, 6.07) is 12.0. The lowest BCUT2D eigenvalue weighted by Crippen LogP contribution is -2.40. The highest BCUT2D eigenvalue weighted by molar-refractivity contribution is 7.89. The lowest BCUT2D eigenvalue weighted by atomic mass is 9.89. The number of fused-ring (bicyclic) bond motifs is 1. The van der Waals surface area contributed by atoms with Gasteiger partial charge in [-0.1, -0.05) is 6.07 Å². The molecule has 146 valence electrons. The fourth-order valence-electron chi connectivity index (χ4n) is 3.48. The van der Waals surface area contributed by atoms with Crippen LogP contribution >= 0.6 is 11.7 Å². The highest BCUT2D eigenvalue weighted by Gasteiger charge is 2.33. The number of benzene rings is 2. The first-order valence-electron chi connectivity index (χ1n) is 8.90. The molecule has 2 heterocycles. The van der Waals surface area contributed by atoms with E-state index < -0.39 is 10.0 Å². The lowest BCUT2D eigenvalue weighted by Gasteiger charge is -2.30. The van der Waals surface area contributed by atoms with Gasteiger partial charge in [0.15, 0.2) is 5.78 Å². The van der Waals surface area contributed by atoms with Crippen LogP contribution in [0.15, 0.2) is 47.4 Å². The second-order valence-corrected chi connectivity index (χ2v) is 9.09. The highest BCUT2D eigenvalue weighted by atomic mass is 32.2. The van der Waals surface area contributed by atoms with Gasteiger partial charge < -0.3 is 4.74 Å². The van der Waals surface area contributed by atoms with Gasteiger partial charge in [0.25, 0.3) is 0 Å². The summed E-state index contributed by atoms with van der Waals surface area (Å²) >= 11 is 0.998. The van der Waals surface area contributed by atoms with Gasteiger partial charge in [0.1, 0.15) is 21.7 Å². The van der Waals surface area contributed by atoms with Crippen molar-refractivity contribution in [3.63, 3.8) is 0 Å². The van der Waals surface area contributed by atoms with Gasteiger partial charge in [-0.25, -0.2) is 8.42 Å². The Bertz CT molecular complexity index is 1100. The number of carbonyl (C=O) groups is 1. The number of ether oxygens (including phenoxy) is 1. The third-order valence-electron chi connectivity index (χ3n) is 5.07. The number of ketones is 1. The SMILES string of the molecule is COc1ccc(C(=O)C2CCN(S(=O)(=O)c3cccc4nsnc34)CC2)cc1. The standard InChI is InChI=1S/C19H19N3O4S2/c1-26-15-7-5-13(6-8-15)19(23)14-9-11-22(12-10-14)28(24,25)17-4-2-3-16-18(17)21-27-20-16/h2-8,14H,9-12H2,1H3. The molecule has 0 N–H and O–H groups in total. The van der Waals surface area contributed by atoms with Gasteiger partial charge in [-0.2, -0.15) is 13.1 Å². The van der Waals surface area contributed by atoms with Crippen molar-refractivity contribution in [2.75, 3.05) is 20.2 Å². The number of methoxy groups -OCH3 is 1. The van der Waals surface area contributed by atoms with E-state index in [1.165, 1.54) is 4.31 Å². The van der Waals surface area contributed by atoms with Crippen LogP contribution in [0.3, 0.4) is 0 Å². The Morgan fingerprint density at radius 1 is 1.11 bits per heavy atom. The summed E-state index contributed by atoms with van der Waals surface area (Å²) in [4.78, 5) is 12.9. The van der Waals surface area contributed by atoms with Crippen LogP contribution < -0.4 is 4.74 Å². The maximum atomic E-state index is 13.1. The first-order chi connectivity index (χ1) is 13.5. The Morgan fingerprint density at radius 3 is 2.50 bits per heavy atom. The summed E-state index contributed by atoms with van der Waals surface area (Å²) in [5.41, 5.74) is 1.61. The summed E-state index contributed by atoms with van der Waals surface area (Å²) < 4.78 is 41.0. The molecule has 28 heavy (non-hydrogen) atoms. The maximum Gasteiger partial charge on any atom is 0.245 e. The largest absolute Gasteiger partial charge is 0.497 e. The monoisotopic (exact) mass is 417 g/mol. The molecule has 1 aliphatic heterocycles. The van der Waals surface area contributed by atoms with Crippen molar-refractivity contribution in [1.29, 1.82) is 0 Å². The first-order valence-corrected chi connectivity index (χ1v) is 11.1. The minimum Gasteiger partial charge on any atom is -0.497 e. The van der Waals surface area contributed by atoms with E-state index in [2.05, 4.69) is 8.75 Å². The Labute approximate surface area is 167 Å². The van der Waals surface area contributed by atoms with Crippen molar-refractivity contribution in [3.8, 4) is 5.75 Å². The van der Waals surface area contributed by atoms with Gasteiger partial charge >= 0.3 is 0 Å². The highest BCUT2D eigenvalue weighted by Crippen LogP contribution is 2.29. The van der Waals surface area contributed by atoms with E-state index in [-0.39, 0.29) is 16.6 Å². The molecular weight excluding hydrogens is 398 g/mol. The summed E-state index contributed by atoms with van der Waals surface area (Å²) in [5.74, 6) is 0.560. The van der Waals surface area contributed by atoms with Crippen molar-refractivity contribution in [1.82, 2.24) is 13.1 Å². The second-order valence-electron chi connectivity index (χ2n) is 6.66. The van der Waals surface area contributed by atoms with E-state index in [0.29, 0.717) is 48.3 Å². The predicted octanol–water partition coefficient (Wildman–Crippen LogP) is 2.98. The quantitative estimate of drug-likeness (QED) is 0.593. The van der Waals surface area contributed by atoms with Crippen molar-refractivity contribution in [3.05, 3.63) is 48.0 Å². The molecule has 2 aromatic carbocycles. The molecule has 0 atom stereocenters. The van der Waals surface area contributed by atoms with Crippen LogP contribution in [0.5, 0.6) is 5.75 Å². The number of hydrogen-bond donors (Lipinski definition) is 0. The molecule has 7 nitrogen and oxygen atoms in total. The van der Waals surface area contributed by atoms with Crippen molar-refractivity contribution in [2.24, 2.45) is 5.92 Å². The summed E-state index contributed by atoms with van der Waals surface area (Å²) in [6.45, 7) is 0.617. The van der Waals surface area contributed by atoms with E-state index in [1.54, 1.807) is 49.6 Å². The number of hydrogen-bond acceptors (Lipinski definition) is 7. The normalized spacial score (nSPS) is 16.3. The number of piperidine rings is 1. The van der Waals surface area contributed by atoms with Crippen LogP contribution in [0.2, 0.25) is 0 Å². The molecule has 9 heteroatoms. The number of nitrogens with zero attached hydrogens (tertiary/aromatic N) is 3. The zero-order valence-corrected chi connectivity index (χ0v) is 16.9. The molecule has 0 unspecified atom stereocenters. The molecule has 0 amide bonds. The van der Waals surface area contributed by atoms with Gasteiger partial charge in [0.05, 0.1) is 18.8 Å². The Balaban J connectivity index is 1.49. The smallest absolute Gasteiger partial charge is 0.245 e. The fourth-order valence-corrected chi connectivity index (χ4v) is 5.70. The minimum absolute atomic E-state index is 0.0468. The van der Waals surface area contributed by atoms with Gasteiger partial charge in [0.2, 0.25) is 10.0 Å². The van der Waals surface area contributed by atoms with E-state index >= 15 is 0 Å². The van der Waals surface area contributed by atoms with E-state index in [4.69, 9.17) is 4.74 Å². The van der Waals surface area contributed by atoms with Crippen LogP contribution in [0.1, 0.15) is 23.2 Å². The average Bonchev–Trinajstić information content (AvgIpc) is 3.22. The van der Waals surface area contributed by atoms with E-state index in [0.717, 1.165) is 11.7 Å². The van der Waals surface area contributed by atoms with E-state index in [9.17, 15) is 13.2 Å². The summed E-state index contributed by atoms with van der Waals surface area (Å²) in [6.07, 6.45) is 0.991. The van der Waals surface area contributed by atoms with Crippen molar-refractivity contribution < 1.29 is 17.9 Å². The number of sulfonamides is 1. The Kier molecular flexibility index (Phi) is 5.13. The second kappa shape index (κ2) is 7.57. The van der Waals surface area contributed by atoms with Crippen LogP contribution in [0, 0.1) is 5.92 Å². The van der Waals surface area contributed by atoms with Crippen molar-refractivity contribution >= 4 is 38.6 Å². The molecule has 0 aliphatic carbocycles. The number of Topliss-reactive ketones (excluding diaryl/α,β-unsaturated/α-hetero) is 1. The van der Waals surface area contributed by atoms with Gasteiger partial charge in [0, 0.05) is 24.6 Å². The minimum atomic E-state index is -3.67. The van der Waals surface area contributed by atoms with Gasteiger partial charge in [-0.05, 0) is 49.2 Å². The molecule has 0 saturated carbocycles. The topological polar surface area (TPSA) is 89.5 Å². The zero-order valence-electron chi connectivity index (χ0n) is 15.2. The van der Waals surface area contributed by atoms with E-state index in [1.807, 2.05) is 0 Å². The molecule has 1 saturated heterocycles. The van der Waals surface area contributed by atoms with Crippen LogP contribution in [-0.2, 0) is 10.0 Å². The third kappa shape index (κ3) is 3.41. The van der Waals surface area contributed by atoms with Crippen LogP contribution in [0.25, 0.3) is 11.0 Å². The summed E-state index contributed by atoms with van der Waals surface area (Å²) in [7, 11) is -2.09. The third-order valence-corrected chi connectivity index (χ3v) is 7.54. The van der Waals surface area contributed by atoms with Crippen molar-refractivity contribution in [2.45, 2.75) is 17.7 Å². The molecule has 0 bridgehead atoms. The fraction of sp³-hybridized carbons (Fsp3) is 0.316. The van der Waals surface area contributed by atoms with Gasteiger partial charge in [-0.3, -0.25) is 4.79 Å². The molecule has 0 radical (unpaired) electrons. The zero-order chi connectivity index (χ0) is 19.7. The number of carbonyl (C=O) groups excluding carboxylic acids is 1. The van der Waals surface area contributed by atoms with Crippen LogP contribution in [0.4, 0.5) is 0 Å². The molecule has 1 aliphatic rings. The first kappa shape index (κ1) is 19.0. The Hall–Kier alpha value is -2.36. The molecular formula is C19H19N3O4S2. The van der Waals surface area contributed by atoms with Crippen LogP contribution in [-0.4, -0.2) is 47.5 Å². The molecule has 3 aromatic rings.